The van der Waals surface area contributed by atoms with E-state index in [1.807, 2.05) is 0 Å². The van der Waals surface area contributed by atoms with Gasteiger partial charge in [-0.25, -0.2) is 4.79 Å². The van der Waals surface area contributed by atoms with E-state index in [1.54, 1.807) is 0 Å². The van der Waals surface area contributed by atoms with Crippen molar-refractivity contribution >= 4 is 5.97 Å². The zero-order valence-electron chi connectivity index (χ0n) is 9.09. The fourth-order valence-electron chi connectivity index (χ4n) is 1.45. The minimum absolute atomic E-state index is 0.328. The van der Waals surface area contributed by atoms with E-state index in [0.29, 0.717) is 13.2 Å². The minimum Gasteiger partial charge on any atom is -0.456 e. The smallest absolute Gasteiger partial charge is 0.384 e. The molecule has 0 saturated heterocycles. The largest absolute Gasteiger partial charge is 0.456 e. The van der Waals surface area contributed by atoms with E-state index in [-0.39, 0.29) is 0 Å². The lowest BCUT2D eigenvalue weighted by molar-refractivity contribution is -0.136. The molecule has 1 aliphatic rings. The van der Waals surface area contributed by atoms with Gasteiger partial charge in [-0.15, -0.1) is 0 Å². The summed E-state index contributed by atoms with van der Waals surface area (Å²) in [6.07, 6.45) is 6.83. The van der Waals surface area contributed by atoms with Crippen LogP contribution in [-0.2, 0) is 14.3 Å². The molecular weight excluding hydrogens is 192 g/mol. The topological polar surface area (TPSA) is 35.5 Å². The molecule has 0 atom stereocenters. The first-order chi connectivity index (χ1) is 7.39. The van der Waals surface area contributed by atoms with Crippen LogP contribution in [0.3, 0.4) is 0 Å². The van der Waals surface area contributed by atoms with Crippen molar-refractivity contribution in [2.45, 2.75) is 38.5 Å². The molecule has 0 aromatic rings. The van der Waals surface area contributed by atoms with E-state index in [2.05, 4.69) is 11.8 Å². The Morgan fingerprint density at radius 3 is 2.40 bits per heavy atom. The highest BCUT2D eigenvalue weighted by Crippen LogP contribution is 2.05. The molecule has 1 rings (SSSR count). The highest BCUT2D eigenvalue weighted by molar-refractivity contribution is 5.88. The molecule has 0 spiro atoms. The summed E-state index contributed by atoms with van der Waals surface area (Å²) in [7, 11) is 0. The summed E-state index contributed by atoms with van der Waals surface area (Å²) in [6, 6.07) is 0. The van der Waals surface area contributed by atoms with Crippen molar-refractivity contribution in [1.82, 2.24) is 0 Å². The van der Waals surface area contributed by atoms with Crippen LogP contribution in [0.1, 0.15) is 38.5 Å². The fraction of sp³-hybridized carbons (Fsp3) is 0.750. The zero-order valence-corrected chi connectivity index (χ0v) is 9.09. The van der Waals surface area contributed by atoms with Crippen molar-refractivity contribution in [3.8, 4) is 11.8 Å². The summed E-state index contributed by atoms with van der Waals surface area (Å²) < 4.78 is 10.2. The molecule has 0 saturated carbocycles. The Hall–Kier alpha value is -1.01. The number of ether oxygens (including phenoxy) is 2. The van der Waals surface area contributed by atoms with E-state index < -0.39 is 5.97 Å². The van der Waals surface area contributed by atoms with E-state index in [9.17, 15) is 4.79 Å². The summed E-state index contributed by atoms with van der Waals surface area (Å²) in [5, 5.41) is 0. The van der Waals surface area contributed by atoms with Crippen LogP contribution in [0.5, 0.6) is 0 Å². The summed E-state index contributed by atoms with van der Waals surface area (Å²) in [5.74, 6) is 4.61. The van der Waals surface area contributed by atoms with Gasteiger partial charge in [0.25, 0.3) is 0 Å². The van der Waals surface area contributed by atoms with Gasteiger partial charge in [-0.3, -0.25) is 0 Å². The summed E-state index contributed by atoms with van der Waals surface area (Å²) >= 11 is 0. The van der Waals surface area contributed by atoms with Crippen molar-refractivity contribution in [2.75, 3.05) is 19.8 Å². The lowest BCUT2D eigenvalue weighted by atomic mass is 10.1. The molecule has 0 N–H and O–H groups in total. The van der Waals surface area contributed by atoms with E-state index >= 15 is 0 Å². The van der Waals surface area contributed by atoms with Gasteiger partial charge >= 0.3 is 5.97 Å². The summed E-state index contributed by atoms with van der Waals surface area (Å²) in [6.45, 7) is 1.56. The van der Waals surface area contributed by atoms with Crippen molar-refractivity contribution in [2.24, 2.45) is 0 Å². The van der Waals surface area contributed by atoms with Crippen LogP contribution in [0, 0.1) is 11.8 Å². The Morgan fingerprint density at radius 2 is 1.60 bits per heavy atom. The Bertz CT molecular complexity index is 237. The van der Waals surface area contributed by atoms with Gasteiger partial charge in [0.2, 0.25) is 0 Å². The Morgan fingerprint density at radius 1 is 0.933 bits per heavy atom. The molecule has 0 aromatic heterocycles. The Labute approximate surface area is 91.1 Å². The van der Waals surface area contributed by atoms with E-state index in [0.717, 1.165) is 25.9 Å². The first-order valence-electron chi connectivity index (χ1n) is 5.63. The molecule has 0 amide bonds. The van der Waals surface area contributed by atoms with Crippen molar-refractivity contribution in [3.05, 3.63) is 0 Å². The van der Waals surface area contributed by atoms with Gasteiger partial charge in [-0.2, -0.15) is 0 Å². The van der Waals surface area contributed by atoms with Crippen molar-refractivity contribution in [3.63, 3.8) is 0 Å². The highest BCUT2D eigenvalue weighted by Gasteiger charge is 1.97. The Kier molecular flexibility index (Phi) is 6.68. The van der Waals surface area contributed by atoms with Crippen LogP contribution in [0.25, 0.3) is 0 Å². The molecule has 0 radical (unpaired) electrons. The molecule has 3 nitrogen and oxygen atoms in total. The molecule has 1 heterocycles. The van der Waals surface area contributed by atoms with Gasteiger partial charge < -0.3 is 9.47 Å². The third kappa shape index (κ3) is 6.98. The molecule has 15 heavy (non-hydrogen) atoms. The van der Waals surface area contributed by atoms with Gasteiger partial charge in [-0.1, -0.05) is 31.6 Å². The average molecular weight is 210 g/mol. The minimum atomic E-state index is -0.435. The van der Waals surface area contributed by atoms with Gasteiger partial charge in [0.05, 0.1) is 6.61 Å². The standard InChI is InChI=1S/C12H18O3/c13-12-8-7-10-14-9-5-3-1-2-4-6-11-15-12/h1-6,9-11H2. The maximum atomic E-state index is 11.0. The molecule has 0 unspecified atom stereocenters. The predicted molar refractivity (Wildman–Crippen MR) is 57.3 cm³/mol. The predicted octanol–water partition coefficient (Wildman–Crippen LogP) is 1.90. The molecule has 0 aromatic carbocycles. The summed E-state index contributed by atoms with van der Waals surface area (Å²) in [5.41, 5.74) is 0. The first-order valence-corrected chi connectivity index (χ1v) is 5.63. The molecule has 0 fully saturated rings. The number of cyclic esters (lactones) is 1. The second-order valence-electron chi connectivity index (χ2n) is 3.61. The van der Waals surface area contributed by atoms with Crippen LogP contribution < -0.4 is 0 Å². The third-order valence-corrected chi connectivity index (χ3v) is 2.28. The maximum absolute atomic E-state index is 11.0. The number of rotatable bonds is 0. The zero-order chi connectivity index (χ0) is 10.8. The highest BCUT2D eigenvalue weighted by atomic mass is 16.5. The molecule has 0 bridgehead atoms. The average Bonchev–Trinajstić information content (AvgIpc) is 2.24. The molecule has 0 aliphatic carbocycles. The normalized spacial score (nSPS) is 20.7. The maximum Gasteiger partial charge on any atom is 0.384 e. The van der Waals surface area contributed by atoms with Gasteiger partial charge in [0.1, 0.15) is 6.61 Å². The van der Waals surface area contributed by atoms with E-state index in [4.69, 9.17) is 9.47 Å². The Balaban J connectivity index is 2.26. The number of esters is 1. The number of hydrogen-bond acceptors (Lipinski definition) is 3. The van der Waals surface area contributed by atoms with Crippen LogP contribution >= 0.6 is 0 Å². The van der Waals surface area contributed by atoms with Crippen LogP contribution in [0.2, 0.25) is 0 Å². The molecular formula is C12H18O3. The van der Waals surface area contributed by atoms with Gasteiger partial charge in [-0.05, 0) is 12.8 Å². The second kappa shape index (κ2) is 8.31. The third-order valence-electron chi connectivity index (χ3n) is 2.28. The van der Waals surface area contributed by atoms with E-state index in [1.165, 1.54) is 19.3 Å². The van der Waals surface area contributed by atoms with Crippen LogP contribution in [0.4, 0.5) is 0 Å². The van der Waals surface area contributed by atoms with Crippen LogP contribution in [-0.4, -0.2) is 25.8 Å². The fourth-order valence-corrected chi connectivity index (χ4v) is 1.45. The lowest BCUT2D eigenvalue weighted by Gasteiger charge is -2.03. The number of carbonyl (C=O) groups is 1. The molecule has 3 heteroatoms. The van der Waals surface area contributed by atoms with Crippen LogP contribution in [0.15, 0.2) is 0 Å². The molecule has 84 valence electrons. The number of carbonyl (C=O) groups excluding carboxylic acids is 1. The SMILES string of the molecule is O=C1C#CCOCCCCCCCCO1. The van der Waals surface area contributed by atoms with Gasteiger partial charge in [0.15, 0.2) is 0 Å². The summed E-state index contributed by atoms with van der Waals surface area (Å²) in [4.78, 5) is 11.0. The van der Waals surface area contributed by atoms with Gasteiger partial charge in [0, 0.05) is 12.5 Å². The van der Waals surface area contributed by atoms with Crippen molar-refractivity contribution < 1.29 is 14.3 Å². The quantitative estimate of drug-likeness (QED) is 0.348. The second-order valence-corrected chi connectivity index (χ2v) is 3.61. The molecule has 1 aliphatic heterocycles. The lowest BCUT2D eigenvalue weighted by Crippen LogP contribution is -2.04. The first kappa shape index (κ1) is 12.1. The monoisotopic (exact) mass is 210 g/mol. The van der Waals surface area contributed by atoms with Crippen molar-refractivity contribution in [1.29, 1.82) is 0 Å². The number of hydrogen-bond donors (Lipinski definition) is 0.